The van der Waals surface area contributed by atoms with Crippen molar-refractivity contribution in [2.75, 3.05) is 0 Å². The highest BCUT2D eigenvalue weighted by atomic mass is 14.8. The third-order valence-electron chi connectivity index (χ3n) is 5.49. The van der Waals surface area contributed by atoms with Gasteiger partial charge in [-0.05, 0) is 22.0 Å². The average molecular weight is 369 g/mol. The molecule has 2 aromatic carbocycles. The van der Waals surface area contributed by atoms with E-state index in [2.05, 4.69) is 90.1 Å². The first-order valence-corrected chi connectivity index (χ1v) is 9.93. The van der Waals surface area contributed by atoms with Gasteiger partial charge in [0, 0.05) is 34.7 Å². The molecule has 2 nitrogen and oxygen atoms in total. The lowest BCUT2D eigenvalue weighted by molar-refractivity contribution is 0.590. The zero-order valence-corrected chi connectivity index (χ0v) is 17.7. The maximum absolute atomic E-state index is 4.72. The number of hydrogen-bond donors (Lipinski definition) is 0. The minimum atomic E-state index is 0.154. The van der Waals surface area contributed by atoms with Crippen LogP contribution in [0, 0.1) is 0 Å². The van der Waals surface area contributed by atoms with Crippen LogP contribution in [0.3, 0.4) is 0 Å². The molecule has 0 aromatic heterocycles. The molecule has 2 aliphatic rings. The minimum Gasteiger partial charge on any atom is -0.255 e. The van der Waals surface area contributed by atoms with E-state index in [0.29, 0.717) is 0 Å². The Balaban J connectivity index is 1.55. The Kier molecular flexibility index (Phi) is 4.26. The van der Waals surface area contributed by atoms with Gasteiger partial charge in [-0.3, -0.25) is 9.98 Å². The summed E-state index contributed by atoms with van der Waals surface area (Å²) in [5.41, 5.74) is 9.54. The van der Waals surface area contributed by atoms with Crippen molar-refractivity contribution in [2.45, 2.75) is 52.4 Å². The van der Waals surface area contributed by atoms with Gasteiger partial charge in [0.25, 0.3) is 0 Å². The lowest BCUT2D eigenvalue weighted by atomic mass is 9.85. The highest BCUT2D eigenvalue weighted by molar-refractivity contribution is 6.30. The Morgan fingerprint density at radius 3 is 1.11 bits per heavy atom. The lowest BCUT2D eigenvalue weighted by Gasteiger charge is -2.19. The molecule has 2 aliphatic heterocycles. The number of benzene rings is 2. The molecule has 28 heavy (non-hydrogen) atoms. The second-order valence-corrected chi connectivity index (χ2v) is 9.70. The Bertz CT molecular complexity index is 942. The van der Waals surface area contributed by atoms with E-state index in [-0.39, 0.29) is 10.8 Å². The molecule has 2 aromatic rings. The Morgan fingerprint density at radius 1 is 0.500 bits per heavy atom. The molecule has 4 rings (SSSR count). The molecule has 0 unspecified atom stereocenters. The number of allylic oxidation sites excluding steroid dienone is 2. The zero-order valence-electron chi connectivity index (χ0n) is 17.7. The van der Waals surface area contributed by atoms with Crippen molar-refractivity contribution in [3.8, 4) is 0 Å². The quantitative estimate of drug-likeness (QED) is 0.589. The van der Waals surface area contributed by atoms with E-state index in [1.54, 1.807) is 0 Å². The van der Waals surface area contributed by atoms with E-state index in [1.165, 1.54) is 11.1 Å². The molecule has 0 saturated carbocycles. The predicted molar refractivity (Wildman–Crippen MR) is 120 cm³/mol. The van der Waals surface area contributed by atoms with Crippen LogP contribution in [0.2, 0.25) is 0 Å². The number of aliphatic imine (C=N–C) groups is 2. The number of nitrogens with zero attached hydrogens (tertiary/aromatic N) is 2. The normalized spacial score (nSPS) is 16.4. The second kappa shape index (κ2) is 6.41. The Hall–Kier alpha value is -2.74. The van der Waals surface area contributed by atoms with Crippen LogP contribution < -0.4 is 0 Å². The van der Waals surface area contributed by atoms with Crippen molar-refractivity contribution in [2.24, 2.45) is 9.98 Å². The smallest absolute Gasteiger partial charge is 0.0797 e. The largest absolute Gasteiger partial charge is 0.255 e. The van der Waals surface area contributed by atoms with Crippen LogP contribution in [-0.4, -0.2) is 11.4 Å². The fraction of sp³-hybridized carbons (Fsp3) is 0.308. The number of rotatable bonds is 2. The fourth-order valence-electron chi connectivity index (χ4n) is 3.63. The molecule has 0 bridgehead atoms. The van der Waals surface area contributed by atoms with Crippen molar-refractivity contribution in [3.05, 3.63) is 94.3 Å². The summed E-state index contributed by atoms with van der Waals surface area (Å²) in [4.78, 5) is 9.44. The maximum Gasteiger partial charge on any atom is 0.0797 e. The van der Waals surface area contributed by atoms with Crippen LogP contribution in [0.15, 0.2) is 82.1 Å². The minimum absolute atomic E-state index is 0.154. The van der Waals surface area contributed by atoms with E-state index in [0.717, 1.165) is 33.7 Å². The van der Waals surface area contributed by atoms with Crippen LogP contribution >= 0.6 is 0 Å². The summed E-state index contributed by atoms with van der Waals surface area (Å²) in [6.07, 6.45) is 3.92. The first-order chi connectivity index (χ1) is 13.1. The molecule has 0 aliphatic carbocycles. The summed E-state index contributed by atoms with van der Waals surface area (Å²) in [5.74, 6) is 0. The van der Waals surface area contributed by atoms with Gasteiger partial charge in [0.2, 0.25) is 0 Å². The van der Waals surface area contributed by atoms with E-state index in [4.69, 9.17) is 9.98 Å². The predicted octanol–water partition coefficient (Wildman–Crippen LogP) is 6.36. The monoisotopic (exact) mass is 368 g/mol. The van der Waals surface area contributed by atoms with Crippen molar-refractivity contribution < 1.29 is 0 Å². The third-order valence-corrected chi connectivity index (χ3v) is 5.49. The maximum atomic E-state index is 4.72. The molecule has 0 radical (unpaired) electrons. The first kappa shape index (κ1) is 18.6. The summed E-state index contributed by atoms with van der Waals surface area (Å²) >= 11 is 0. The summed E-state index contributed by atoms with van der Waals surface area (Å²) < 4.78 is 0. The van der Waals surface area contributed by atoms with Gasteiger partial charge in [0.05, 0.1) is 11.4 Å². The topological polar surface area (TPSA) is 24.7 Å². The molecule has 2 heterocycles. The van der Waals surface area contributed by atoms with E-state index in [9.17, 15) is 0 Å². The number of fused-ring (bicyclic) bond motifs is 1. The fourth-order valence-corrected chi connectivity index (χ4v) is 3.63. The standard InChI is InChI=1S/C26H28N2/c1-25(2,3)19-11-7-17(8-12-19)23-21-15-28-24(22(21)16-27-23)18-9-13-20(14-10-18)26(4,5)6/h7-16H,1-6H3. The summed E-state index contributed by atoms with van der Waals surface area (Å²) in [5, 5.41) is 0. The van der Waals surface area contributed by atoms with Gasteiger partial charge in [-0.25, -0.2) is 0 Å². The van der Waals surface area contributed by atoms with Crippen LogP contribution in [0.1, 0.15) is 63.8 Å². The van der Waals surface area contributed by atoms with Crippen molar-refractivity contribution in [3.63, 3.8) is 0 Å². The molecule has 0 N–H and O–H groups in total. The molecule has 0 saturated heterocycles. The summed E-state index contributed by atoms with van der Waals surface area (Å²) in [6, 6.07) is 17.5. The van der Waals surface area contributed by atoms with E-state index in [1.807, 2.05) is 12.4 Å². The van der Waals surface area contributed by atoms with E-state index >= 15 is 0 Å². The zero-order chi connectivity index (χ0) is 20.1. The molecular formula is C26H28N2. The third kappa shape index (κ3) is 3.28. The van der Waals surface area contributed by atoms with Gasteiger partial charge < -0.3 is 0 Å². The number of hydrogen-bond acceptors (Lipinski definition) is 2. The molecule has 2 heteroatoms. The second-order valence-electron chi connectivity index (χ2n) is 9.70. The van der Waals surface area contributed by atoms with Gasteiger partial charge >= 0.3 is 0 Å². The highest BCUT2D eigenvalue weighted by Gasteiger charge is 2.28. The van der Waals surface area contributed by atoms with Crippen LogP contribution in [-0.2, 0) is 10.8 Å². The van der Waals surface area contributed by atoms with Gasteiger partial charge in [0.15, 0.2) is 0 Å². The van der Waals surface area contributed by atoms with Gasteiger partial charge in [-0.15, -0.1) is 0 Å². The molecule has 0 fully saturated rings. The lowest BCUT2D eigenvalue weighted by Crippen LogP contribution is -2.12. The van der Waals surface area contributed by atoms with E-state index < -0.39 is 0 Å². The van der Waals surface area contributed by atoms with Crippen LogP contribution in [0.5, 0.6) is 0 Å². The summed E-state index contributed by atoms with van der Waals surface area (Å²) in [7, 11) is 0. The van der Waals surface area contributed by atoms with Crippen LogP contribution in [0.25, 0.3) is 0 Å². The summed E-state index contributed by atoms with van der Waals surface area (Å²) in [6.45, 7) is 13.4. The van der Waals surface area contributed by atoms with Crippen LogP contribution in [0.4, 0.5) is 0 Å². The molecule has 0 amide bonds. The van der Waals surface area contributed by atoms with Crippen molar-refractivity contribution in [1.29, 1.82) is 0 Å². The van der Waals surface area contributed by atoms with Crippen molar-refractivity contribution >= 4 is 11.4 Å². The van der Waals surface area contributed by atoms with Gasteiger partial charge in [-0.1, -0.05) is 90.1 Å². The SMILES string of the molecule is CC(C)(C)c1ccc(C2=NC=C3C2=CN=C3c2ccc(C(C)(C)C)cc2)cc1. The van der Waals surface area contributed by atoms with Crippen molar-refractivity contribution in [1.82, 2.24) is 0 Å². The van der Waals surface area contributed by atoms with Gasteiger partial charge in [0.1, 0.15) is 0 Å². The molecule has 0 spiro atoms. The Labute approximate surface area is 168 Å². The molecule has 0 atom stereocenters. The Morgan fingerprint density at radius 2 is 0.821 bits per heavy atom. The first-order valence-electron chi connectivity index (χ1n) is 9.93. The average Bonchev–Trinajstić information content (AvgIpc) is 3.22. The molecular weight excluding hydrogens is 340 g/mol. The molecule has 142 valence electrons. The highest BCUT2D eigenvalue weighted by Crippen LogP contribution is 2.33. The van der Waals surface area contributed by atoms with Gasteiger partial charge in [-0.2, -0.15) is 0 Å².